The van der Waals surface area contributed by atoms with Gasteiger partial charge < -0.3 is 10.6 Å². The van der Waals surface area contributed by atoms with E-state index in [4.69, 9.17) is 5.73 Å². The zero-order valence-corrected chi connectivity index (χ0v) is 11.0. The first-order chi connectivity index (χ1) is 8.61. The van der Waals surface area contributed by atoms with Gasteiger partial charge in [0.15, 0.2) is 0 Å². The summed E-state index contributed by atoms with van der Waals surface area (Å²) in [6, 6.07) is 3.10. The number of aromatic nitrogens is 1. The molecular weight excluding hydrogens is 252 g/mol. The number of rotatable bonds is 3. The van der Waals surface area contributed by atoms with Gasteiger partial charge in [-0.2, -0.15) is 11.8 Å². The highest BCUT2D eigenvalue weighted by atomic mass is 32.2. The smallest absolute Gasteiger partial charge is 0.311 e. The molecule has 0 aliphatic carbocycles. The molecule has 0 radical (unpaired) electrons. The molecule has 0 aromatic carbocycles. The summed E-state index contributed by atoms with van der Waals surface area (Å²) in [6.45, 7) is 1.85. The summed E-state index contributed by atoms with van der Waals surface area (Å²) >= 11 is 1.89. The minimum absolute atomic E-state index is 0.00973. The maximum absolute atomic E-state index is 10.7. The third-order valence-corrected chi connectivity index (χ3v) is 4.32. The molecule has 0 bridgehead atoms. The molecule has 0 unspecified atom stereocenters. The summed E-state index contributed by atoms with van der Waals surface area (Å²) in [5.74, 6) is 0.724. The Labute approximate surface area is 110 Å². The fourth-order valence-corrected chi connectivity index (χ4v) is 2.79. The predicted octanol–water partition coefficient (Wildman–Crippen LogP) is 1.90. The van der Waals surface area contributed by atoms with Crippen molar-refractivity contribution in [2.45, 2.75) is 18.1 Å². The van der Waals surface area contributed by atoms with E-state index >= 15 is 0 Å². The second-order valence-electron chi connectivity index (χ2n) is 4.25. The summed E-state index contributed by atoms with van der Waals surface area (Å²) in [5, 5.41) is 11.4. The fraction of sp³-hybridized carbons (Fsp3) is 0.545. The highest BCUT2D eigenvalue weighted by Crippen LogP contribution is 2.27. The lowest BCUT2D eigenvalue weighted by Gasteiger charge is -2.31. The van der Waals surface area contributed by atoms with E-state index in [0.29, 0.717) is 5.25 Å². The number of nitrogens with two attached hydrogens (primary N) is 1. The SMILES string of the molecule is CSC1CCN(c2ccc([N+](=O)[O-])c(N)n2)CC1. The van der Waals surface area contributed by atoms with Crippen LogP contribution in [0.4, 0.5) is 17.3 Å². The van der Waals surface area contributed by atoms with Gasteiger partial charge in [0.25, 0.3) is 0 Å². The predicted molar refractivity (Wildman–Crippen MR) is 74.1 cm³/mol. The van der Waals surface area contributed by atoms with Gasteiger partial charge in [-0.1, -0.05) is 0 Å². The van der Waals surface area contributed by atoms with Crippen LogP contribution in [0.5, 0.6) is 0 Å². The lowest BCUT2D eigenvalue weighted by atomic mass is 10.1. The number of hydrogen-bond acceptors (Lipinski definition) is 6. The minimum atomic E-state index is -0.508. The molecule has 7 heteroatoms. The molecule has 0 spiro atoms. The molecule has 1 saturated heterocycles. The second kappa shape index (κ2) is 5.43. The summed E-state index contributed by atoms with van der Waals surface area (Å²) in [5.41, 5.74) is 5.47. The molecule has 98 valence electrons. The molecule has 0 atom stereocenters. The Bertz CT molecular complexity index is 447. The standard InChI is InChI=1S/C11H16N4O2S/c1-18-8-4-6-14(7-5-8)10-3-2-9(15(16)17)11(12)13-10/h2-3,8H,4-7H2,1H3,(H2,12,13). The first-order valence-electron chi connectivity index (χ1n) is 5.80. The van der Waals surface area contributed by atoms with Crippen molar-refractivity contribution in [1.29, 1.82) is 0 Å². The van der Waals surface area contributed by atoms with Crippen LogP contribution >= 0.6 is 11.8 Å². The molecule has 0 amide bonds. The van der Waals surface area contributed by atoms with Crippen LogP contribution < -0.4 is 10.6 Å². The molecule has 1 aliphatic heterocycles. The van der Waals surface area contributed by atoms with E-state index in [1.165, 1.54) is 6.07 Å². The van der Waals surface area contributed by atoms with Crippen LogP contribution in [0.3, 0.4) is 0 Å². The third-order valence-electron chi connectivity index (χ3n) is 3.18. The molecule has 2 N–H and O–H groups in total. The van der Waals surface area contributed by atoms with E-state index in [1.54, 1.807) is 6.07 Å². The Balaban J connectivity index is 2.11. The van der Waals surface area contributed by atoms with E-state index in [9.17, 15) is 10.1 Å². The Morgan fingerprint density at radius 2 is 2.17 bits per heavy atom. The molecule has 1 aromatic rings. The summed E-state index contributed by atoms with van der Waals surface area (Å²) in [7, 11) is 0. The van der Waals surface area contributed by atoms with Crippen molar-refractivity contribution in [2.24, 2.45) is 0 Å². The monoisotopic (exact) mass is 268 g/mol. The summed E-state index contributed by atoms with van der Waals surface area (Å²) in [4.78, 5) is 16.4. The average molecular weight is 268 g/mol. The quantitative estimate of drug-likeness (QED) is 0.665. The fourth-order valence-electron chi connectivity index (χ4n) is 2.11. The molecule has 2 heterocycles. The maximum atomic E-state index is 10.7. The van der Waals surface area contributed by atoms with Crippen LogP contribution in [0.15, 0.2) is 12.1 Å². The van der Waals surface area contributed by atoms with Crippen molar-refractivity contribution >= 4 is 29.1 Å². The second-order valence-corrected chi connectivity index (χ2v) is 5.39. The van der Waals surface area contributed by atoms with Crippen molar-refractivity contribution in [2.75, 3.05) is 30.0 Å². The Kier molecular flexibility index (Phi) is 3.90. The molecule has 1 fully saturated rings. The third kappa shape index (κ3) is 2.66. The zero-order valence-electron chi connectivity index (χ0n) is 10.2. The van der Waals surface area contributed by atoms with Gasteiger partial charge in [-0.3, -0.25) is 10.1 Å². The van der Waals surface area contributed by atoms with Crippen molar-refractivity contribution in [3.05, 3.63) is 22.2 Å². The van der Waals surface area contributed by atoms with Gasteiger partial charge in [-0.05, 0) is 25.2 Å². The van der Waals surface area contributed by atoms with Gasteiger partial charge >= 0.3 is 5.69 Å². The number of nitrogen functional groups attached to an aromatic ring is 1. The number of anilines is 2. The highest BCUT2D eigenvalue weighted by Gasteiger charge is 2.21. The number of piperidine rings is 1. The maximum Gasteiger partial charge on any atom is 0.311 e. The van der Waals surface area contributed by atoms with Crippen LogP contribution in [0, 0.1) is 10.1 Å². The normalized spacial score (nSPS) is 16.8. The number of hydrogen-bond donors (Lipinski definition) is 1. The van der Waals surface area contributed by atoms with E-state index in [0.717, 1.165) is 31.7 Å². The average Bonchev–Trinajstić information content (AvgIpc) is 2.38. The summed E-state index contributed by atoms with van der Waals surface area (Å²) < 4.78 is 0. The molecule has 2 rings (SSSR count). The first-order valence-corrected chi connectivity index (χ1v) is 7.09. The lowest BCUT2D eigenvalue weighted by Crippen LogP contribution is -2.35. The number of nitro groups is 1. The van der Waals surface area contributed by atoms with Crippen molar-refractivity contribution in [3.63, 3.8) is 0 Å². The van der Waals surface area contributed by atoms with Crippen LogP contribution in [0.25, 0.3) is 0 Å². The highest BCUT2D eigenvalue weighted by molar-refractivity contribution is 7.99. The van der Waals surface area contributed by atoms with Crippen molar-refractivity contribution < 1.29 is 4.92 Å². The van der Waals surface area contributed by atoms with Crippen LogP contribution in [0.1, 0.15) is 12.8 Å². The topological polar surface area (TPSA) is 85.3 Å². The molecule has 1 aliphatic rings. The minimum Gasteiger partial charge on any atom is -0.378 e. The number of pyridine rings is 1. The van der Waals surface area contributed by atoms with Crippen LogP contribution in [0.2, 0.25) is 0 Å². The molecule has 1 aromatic heterocycles. The van der Waals surface area contributed by atoms with E-state index in [2.05, 4.69) is 16.1 Å². The molecule has 0 saturated carbocycles. The van der Waals surface area contributed by atoms with Gasteiger partial charge in [0.2, 0.25) is 5.82 Å². The first kappa shape index (κ1) is 12.9. The van der Waals surface area contributed by atoms with Gasteiger partial charge in [-0.15, -0.1) is 0 Å². The summed E-state index contributed by atoms with van der Waals surface area (Å²) in [6.07, 6.45) is 4.35. The van der Waals surface area contributed by atoms with E-state index in [-0.39, 0.29) is 11.5 Å². The lowest BCUT2D eigenvalue weighted by molar-refractivity contribution is -0.384. The number of thioether (sulfide) groups is 1. The van der Waals surface area contributed by atoms with Gasteiger partial charge in [0, 0.05) is 24.4 Å². The molecule has 6 nitrogen and oxygen atoms in total. The zero-order chi connectivity index (χ0) is 13.1. The Morgan fingerprint density at radius 1 is 1.50 bits per heavy atom. The Morgan fingerprint density at radius 3 is 2.67 bits per heavy atom. The van der Waals surface area contributed by atoms with Crippen LogP contribution in [-0.4, -0.2) is 34.5 Å². The number of nitrogens with zero attached hydrogens (tertiary/aromatic N) is 3. The Hall–Kier alpha value is -1.50. The van der Waals surface area contributed by atoms with Gasteiger partial charge in [0.1, 0.15) is 5.82 Å². The van der Waals surface area contributed by atoms with Crippen molar-refractivity contribution in [3.8, 4) is 0 Å². The van der Waals surface area contributed by atoms with Gasteiger partial charge in [0.05, 0.1) is 4.92 Å². The molecular formula is C11H16N4O2S. The van der Waals surface area contributed by atoms with E-state index < -0.39 is 4.92 Å². The van der Waals surface area contributed by atoms with Gasteiger partial charge in [-0.25, -0.2) is 4.98 Å². The van der Waals surface area contributed by atoms with Crippen LogP contribution in [-0.2, 0) is 0 Å². The largest absolute Gasteiger partial charge is 0.378 e. The molecule has 18 heavy (non-hydrogen) atoms. The van der Waals surface area contributed by atoms with E-state index in [1.807, 2.05) is 11.8 Å². The van der Waals surface area contributed by atoms with Crippen molar-refractivity contribution in [1.82, 2.24) is 4.98 Å².